The second-order valence-corrected chi connectivity index (χ2v) is 3.68. The van der Waals surface area contributed by atoms with E-state index in [0.29, 0.717) is 11.1 Å². The summed E-state index contributed by atoms with van der Waals surface area (Å²) >= 11 is 0. The average molecular weight is 227 g/mol. The van der Waals surface area contributed by atoms with E-state index in [1.807, 2.05) is 30.3 Å². The minimum absolute atomic E-state index is 0.165. The van der Waals surface area contributed by atoms with Crippen LogP contribution in [0.4, 0.5) is 0 Å². The molecule has 0 spiro atoms. The van der Waals surface area contributed by atoms with Gasteiger partial charge in [0.05, 0.1) is 0 Å². The molecule has 3 nitrogen and oxygen atoms in total. The van der Waals surface area contributed by atoms with Crippen LogP contribution >= 0.6 is 0 Å². The van der Waals surface area contributed by atoms with Gasteiger partial charge in [-0.2, -0.15) is 0 Å². The molecule has 0 aliphatic rings. The Bertz CT molecular complexity index is 535. The summed E-state index contributed by atoms with van der Waals surface area (Å²) < 4.78 is 0. The molecule has 0 unspecified atom stereocenters. The molecule has 0 heterocycles. The van der Waals surface area contributed by atoms with Gasteiger partial charge in [-0.15, -0.1) is 0 Å². The maximum Gasteiger partial charge on any atom is 0.251 e. The number of phenols is 1. The molecule has 17 heavy (non-hydrogen) atoms. The Morgan fingerprint density at radius 1 is 1.12 bits per heavy atom. The number of nitrogens with one attached hydrogen (secondary N) is 1. The van der Waals surface area contributed by atoms with E-state index < -0.39 is 0 Å². The van der Waals surface area contributed by atoms with Gasteiger partial charge in [0.15, 0.2) is 0 Å². The number of hydrogen-bond acceptors (Lipinski definition) is 2. The summed E-state index contributed by atoms with van der Waals surface area (Å²) in [5.74, 6) is 0.00559. The molecule has 0 radical (unpaired) electrons. The van der Waals surface area contributed by atoms with Crippen LogP contribution in [-0.4, -0.2) is 18.1 Å². The summed E-state index contributed by atoms with van der Waals surface area (Å²) in [4.78, 5) is 11.5. The van der Waals surface area contributed by atoms with E-state index in [4.69, 9.17) is 0 Å². The zero-order chi connectivity index (χ0) is 12.3. The van der Waals surface area contributed by atoms with Crippen molar-refractivity contribution in [3.05, 3.63) is 54.1 Å². The van der Waals surface area contributed by atoms with E-state index >= 15 is 0 Å². The van der Waals surface area contributed by atoms with E-state index in [2.05, 4.69) is 5.32 Å². The molecular weight excluding hydrogens is 214 g/mol. The Morgan fingerprint density at radius 2 is 1.82 bits per heavy atom. The van der Waals surface area contributed by atoms with Gasteiger partial charge in [-0.3, -0.25) is 4.79 Å². The summed E-state index contributed by atoms with van der Waals surface area (Å²) in [5, 5.41) is 12.4. The summed E-state index contributed by atoms with van der Waals surface area (Å²) in [7, 11) is 1.58. The Hall–Kier alpha value is -2.29. The lowest BCUT2D eigenvalue weighted by Gasteiger charge is -2.07. The van der Waals surface area contributed by atoms with Crippen LogP contribution in [-0.2, 0) is 0 Å². The lowest BCUT2D eigenvalue weighted by Crippen LogP contribution is -2.17. The van der Waals surface area contributed by atoms with Crippen molar-refractivity contribution < 1.29 is 9.90 Å². The number of carbonyl (C=O) groups is 1. The van der Waals surface area contributed by atoms with E-state index in [9.17, 15) is 9.90 Å². The molecule has 3 heteroatoms. The second kappa shape index (κ2) is 4.70. The zero-order valence-corrected chi connectivity index (χ0v) is 9.47. The molecule has 1 amide bonds. The quantitative estimate of drug-likeness (QED) is 0.827. The third-order valence-corrected chi connectivity index (χ3v) is 2.57. The van der Waals surface area contributed by atoms with Crippen molar-refractivity contribution >= 4 is 5.91 Å². The standard InChI is InChI=1S/C14H13NO2/c1-15-14(17)11-7-8-13(16)12(9-11)10-5-3-2-4-6-10/h2-9,16H,1H3,(H,15,17). The van der Waals surface area contributed by atoms with Crippen LogP contribution in [0, 0.1) is 0 Å². The van der Waals surface area contributed by atoms with Gasteiger partial charge in [0.25, 0.3) is 5.91 Å². The van der Waals surface area contributed by atoms with E-state index in [1.54, 1.807) is 19.2 Å². The highest BCUT2D eigenvalue weighted by Crippen LogP contribution is 2.29. The Balaban J connectivity index is 2.50. The minimum Gasteiger partial charge on any atom is -0.507 e. The zero-order valence-electron chi connectivity index (χ0n) is 9.47. The Labute approximate surface area is 99.7 Å². The van der Waals surface area contributed by atoms with Crippen LogP contribution in [0.2, 0.25) is 0 Å². The second-order valence-electron chi connectivity index (χ2n) is 3.68. The van der Waals surface area contributed by atoms with Gasteiger partial charge in [0.2, 0.25) is 0 Å². The molecule has 0 aliphatic carbocycles. The van der Waals surface area contributed by atoms with Crippen molar-refractivity contribution in [2.45, 2.75) is 0 Å². The van der Waals surface area contributed by atoms with Gasteiger partial charge < -0.3 is 10.4 Å². The van der Waals surface area contributed by atoms with Gasteiger partial charge in [0.1, 0.15) is 5.75 Å². The first-order valence-corrected chi connectivity index (χ1v) is 5.33. The fourth-order valence-electron chi connectivity index (χ4n) is 1.67. The third-order valence-electron chi connectivity index (χ3n) is 2.57. The topological polar surface area (TPSA) is 49.3 Å². The Kier molecular flexibility index (Phi) is 3.10. The number of aromatic hydroxyl groups is 1. The van der Waals surface area contributed by atoms with Gasteiger partial charge in [-0.1, -0.05) is 30.3 Å². The fourth-order valence-corrected chi connectivity index (χ4v) is 1.67. The molecule has 2 aromatic rings. The molecule has 0 saturated carbocycles. The van der Waals surface area contributed by atoms with Crippen molar-refractivity contribution in [3.8, 4) is 16.9 Å². The van der Waals surface area contributed by atoms with Gasteiger partial charge in [-0.25, -0.2) is 0 Å². The normalized spacial score (nSPS) is 9.94. The van der Waals surface area contributed by atoms with Crippen molar-refractivity contribution in [2.75, 3.05) is 7.05 Å². The third kappa shape index (κ3) is 2.28. The number of benzene rings is 2. The van der Waals surface area contributed by atoms with Crippen LogP contribution < -0.4 is 5.32 Å². The molecule has 0 fully saturated rings. The summed E-state index contributed by atoms with van der Waals surface area (Å²) in [6.45, 7) is 0. The number of carbonyl (C=O) groups excluding carboxylic acids is 1. The lowest BCUT2D eigenvalue weighted by atomic mass is 10.0. The smallest absolute Gasteiger partial charge is 0.251 e. The lowest BCUT2D eigenvalue weighted by molar-refractivity contribution is 0.0963. The van der Waals surface area contributed by atoms with Crippen LogP contribution in [0.1, 0.15) is 10.4 Å². The molecule has 2 N–H and O–H groups in total. The van der Waals surface area contributed by atoms with Gasteiger partial charge in [0, 0.05) is 18.2 Å². The van der Waals surface area contributed by atoms with Crippen molar-refractivity contribution in [1.82, 2.24) is 5.32 Å². The fraction of sp³-hybridized carbons (Fsp3) is 0.0714. The molecular formula is C14H13NO2. The predicted octanol–water partition coefficient (Wildman–Crippen LogP) is 2.42. The maximum atomic E-state index is 11.5. The molecule has 2 aromatic carbocycles. The molecule has 0 bridgehead atoms. The SMILES string of the molecule is CNC(=O)c1ccc(O)c(-c2ccccc2)c1. The van der Waals surface area contributed by atoms with Gasteiger partial charge >= 0.3 is 0 Å². The number of phenolic OH excluding ortho intramolecular Hbond substituents is 1. The van der Waals surface area contributed by atoms with Crippen LogP contribution in [0.5, 0.6) is 5.75 Å². The molecule has 0 saturated heterocycles. The number of hydrogen-bond donors (Lipinski definition) is 2. The number of rotatable bonds is 2. The van der Waals surface area contributed by atoms with Crippen molar-refractivity contribution in [1.29, 1.82) is 0 Å². The first kappa shape index (κ1) is 11.2. The summed E-state index contributed by atoms with van der Waals surface area (Å²) in [6.07, 6.45) is 0. The molecule has 86 valence electrons. The monoisotopic (exact) mass is 227 g/mol. The predicted molar refractivity (Wildman–Crippen MR) is 66.9 cm³/mol. The Morgan fingerprint density at radius 3 is 2.47 bits per heavy atom. The van der Waals surface area contributed by atoms with Gasteiger partial charge in [-0.05, 0) is 23.8 Å². The van der Waals surface area contributed by atoms with E-state index in [-0.39, 0.29) is 11.7 Å². The highest BCUT2D eigenvalue weighted by Gasteiger charge is 2.09. The highest BCUT2D eigenvalue weighted by atomic mass is 16.3. The minimum atomic E-state index is -0.165. The maximum absolute atomic E-state index is 11.5. The van der Waals surface area contributed by atoms with Crippen LogP contribution in [0.25, 0.3) is 11.1 Å². The summed E-state index contributed by atoms with van der Waals surface area (Å²) in [5.41, 5.74) is 2.08. The van der Waals surface area contributed by atoms with Crippen molar-refractivity contribution in [3.63, 3.8) is 0 Å². The van der Waals surface area contributed by atoms with E-state index in [1.165, 1.54) is 6.07 Å². The molecule has 0 atom stereocenters. The first-order chi connectivity index (χ1) is 8.22. The largest absolute Gasteiger partial charge is 0.507 e. The van der Waals surface area contributed by atoms with E-state index in [0.717, 1.165) is 5.56 Å². The van der Waals surface area contributed by atoms with Crippen molar-refractivity contribution in [2.24, 2.45) is 0 Å². The van der Waals surface area contributed by atoms with Crippen LogP contribution in [0.15, 0.2) is 48.5 Å². The molecule has 2 rings (SSSR count). The molecule has 0 aliphatic heterocycles. The summed E-state index contributed by atoms with van der Waals surface area (Å²) in [6, 6.07) is 14.3. The average Bonchev–Trinajstić information content (AvgIpc) is 2.39. The highest BCUT2D eigenvalue weighted by molar-refractivity contribution is 5.95. The first-order valence-electron chi connectivity index (χ1n) is 5.33. The molecule has 0 aromatic heterocycles. The number of amides is 1. The van der Waals surface area contributed by atoms with Crippen LogP contribution in [0.3, 0.4) is 0 Å².